The van der Waals surface area contributed by atoms with Gasteiger partial charge in [-0.1, -0.05) is 44.2 Å². The number of halogens is 2. The summed E-state index contributed by atoms with van der Waals surface area (Å²) < 4.78 is 52.6. The first-order valence-electron chi connectivity index (χ1n) is 12.0. The Morgan fingerprint density at radius 2 is 1.67 bits per heavy atom. The van der Waals surface area contributed by atoms with Crippen molar-refractivity contribution in [3.05, 3.63) is 65.7 Å². The summed E-state index contributed by atoms with van der Waals surface area (Å²) in [6.07, 6.45) is 2.21. The molecule has 0 bridgehead atoms. The molecule has 0 spiro atoms. The Bertz CT molecular complexity index is 1130. The van der Waals surface area contributed by atoms with Gasteiger partial charge in [-0.15, -0.1) is 0 Å². The zero-order valence-electron chi connectivity index (χ0n) is 21.2. The number of sulfonamides is 1. The first kappa shape index (κ1) is 29.2. The molecule has 2 rings (SSSR count). The first-order chi connectivity index (χ1) is 17.0. The van der Waals surface area contributed by atoms with E-state index in [-0.39, 0.29) is 49.5 Å². The number of rotatable bonds is 13. The third kappa shape index (κ3) is 8.29. The summed E-state index contributed by atoms with van der Waals surface area (Å²) in [7, 11) is -3.81. The van der Waals surface area contributed by atoms with E-state index in [1.807, 2.05) is 51.1 Å². The summed E-state index contributed by atoms with van der Waals surface area (Å²) in [6.45, 7) is 5.81. The Hall–Kier alpha value is -3.01. The summed E-state index contributed by atoms with van der Waals surface area (Å²) in [6, 6.07) is 11.4. The van der Waals surface area contributed by atoms with E-state index >= 15 is 0 Å². The van der Waals surface area contributed by atoms with E-state index in [1.165, 1.54) is 11.0 Å². The van der Waals surface area contributed by atoms with Crippen molar-refractivity contribution in [2.24, 2.45) is 0 Å². The highest BCUT2D eigenvalue weighted by molar-refractivity contribution is 7.92. The van der Waals surface area contributed by atoms with Crippen LogP contribution in [0.2, 0.25) is 0 Å². The number of benzene rings is 2. The van der Waals surface area contributed by atoms with Crippen LogP contribution in [-0.2, 0) is 26.2 Å². The molecule has 2 aromatic rings. The average molecular weight is 524 g/mol. The van der Waals surface area contributed by atoms with Crippen molar-refractivity contribution in [3.63, 3.8) is 0 Å². The molecule has 0 fully saturated rings. The molecule has 0 aromatic heterocycles. The number of nitrogens with one attached hydrogen (secondary N) is 1. The van der Waals surface area contributed by atoms with E-state index in [2.05, 4.69) is 5.32 Å². The standard InChI is InChI=1S/C26H35F2N3O4S/c1-5-19(3)29-26(33)24(6-2)30(18-20-11-8-7-9-12-20)25(32)13-10-16-31(36(4,34)35)21-14-15-22(27)23(28)17-21/h7-9,11-12,14-15,17,19,24H,5-6,10,13,16,18H2,1-4H3,(H,29,33)/t19-,24-/m0/s1. The largest absolute Gasteiger partial charge is 0.352 e. The molecular formula is C26H35F2N3O4S. The molecule has 1 N–H and O–H groups in total. The molecule has 2 aromatic carbocycles. The van der Waals surface area contributed by atoms with Crippen LogP contribution in [0.4, 0.5) is 14.5 Å². The van der Waals surface area contributed by atoms with Crippen molar-refractivity contribution >= 4 is 27.5 Å². The highest BCUT2D eigenvalue weighted by Gasteiger charge is 2.29. The fourth-order valence-corrected chi connectivity index (χ4v) is 4.74. The van der Waals surface area contributed by atoms with E-state index in [0.29, 0.717) is 6.42 Å². The number of hydrogen-bond acceptors (Lipinski definition) is 4. The molecule has 198 valence electrons. The van der Waals surface area contributed by atoms with Gasteiger partial charge in [-0.3, -0.25) is 13.9 Å². The zero-order valence-corrected chi connectivity index (χ0v) is 22.0. The first-order valence-corrected chi connectivity index (χ1v) is 13.9. The Kier molecular flexibility index (Phi) is 10.8. The third-order valence-electron chi connectivity index (χ3n) is 5.93. The van der Waals surface area contributed by atoms with Crippen LogP contribution in [0.1, 0.15) is 52.0 Å². The van der Waals surface area contributed by atoms with E-state index in [4.69, 9.17) is 0 Å². The number of hydrogen-bond donors (Lipinski definition) is 1. The van der Waals surface area contributed by atoms with E-state index in [0.717, 1.165) is 34.7 Å². The number of amides is 2. The van der Waals surface area contributed by atoms with Crippen molar-refractivity contribution in [3.8, 4) is 0 Å². The SMILES string of the molecule is CC[C@H](C)NC(=O)[C@H](CC)N(Cc1ccccc1)C(=O)CCCN(c1ccc(F)c(F)c1)S(C)(=O)=O. The smallest absolute Gasteiger partial charge is 0.243 e. The fraction of sp³-hybridized carbons (Fsp3) is 0.462. The minimum Gasteiger partial charge on any atom is -0.352 e. The van der Waals surface area contributed by atoms with Crippen LogP contribution in [0.25, 0.3) is 0 Å². The third-order valence-corrected chi connectivity index (χ3v) is 7.12. The number of carbonyl (C=O) groups is 2. The Morgan fingerprint density at radius 1 is 1.00 bits per heavy atom. The van der Waals surface area contributed by atoms with Crippen molar-refractivity contribution in [2.75, 3.05) is 17.1 Å². The molecule has 0 radical (unpaired) electrons. The van der Waals surface area contributed by atoms with Gasteiger partial charge in [0.25, 0.3) is 0 Å². The van der Waals surface area contributed by atoms with Gasteiger partial charge in [0.05, 0.1) is 11.9 Å². The Morgan fingerprint density at radius 3 is 2.22 bits per heavy atom. The molecule has 10 heteroatoms. The van der Waals surface area contributed by atoms with Crippen LogP contribution >= 0.6 is 0 Å². The van der Waals surface area contributed by atoms with Crippen molar-refractivity contribution in [1.29, 1.82) is 0 Å². The monoisotopic (exact) mass is 523 g/mol. The quantitative estimate of drug-likeness (QED) is 0.426. The summed E-state index contributed by atoms with van der Waals surface area (Å²) in [5.41, 5.74) is 0.838. The predicted octanol–water partition coefficient (Wildman–Crippen LogP) is 4.23. The molecule has 0 unspecified atom stereocenters. The van der Waals surface area contributed by atoms with E-state index in [9.17, 15) is 26.8 Å². The molecular weight excluding hydrogens is 488 g/mol. The number of nitrogens with zero attached hydrogens (tertiary/aromatic N) is 2. The molecule has 7 nitrogen and oxygen atoms in total. The van der Waals surface area contributed by atoms with E-state index < -0.39 is 27.7 Å². The van der Waals surface area contributed by atoms with Crippen molar-refractivity contribution < 1.29 is 26.8 Å². The van der Waals surface area contributed by atoms with Gasteiger partial charge < -0.3 is 10.2 Å². The Balaban J connectivity index is 2.21. The van der Waals surface area contributed by atoms with Crippen LogP contribution in [0.15, 0.2) is 48.5 Å². The van der Waals surface area contributed by atoms with Crippen LogP contribution < -0.4 is 9.62 Å². The lowest BCUT2D eigenvalue weighted by Gasteiger charge is -2.32. The zero-order chi connectivity index (χ0) is 26.9. The van der Waals surface area contributed by atoms with Crippen LogP contribution in [0, 0.1) is 11.6 Å². The second kappa shape index (κ2) is 13.3. The lowest BCUT2D eigenvalue weighted by molar-refractivity contribution is -0.141. The van der Waals surface area contributed by atoms with Gasteiger partial charge >= 0.3 is 0 Å². The van der Waals surface area contributed by atoms with Gasteiger partial charge in [0.15, 0.2) is 11.6 Å². The van der Waals surface area contributed by atoms with Gasteiger partial charge in [0, 0.05) is 31.6 Å². The number of carbonyl (C=O) groups excluding carboxylic acids is 2. The second-order valence-electron chi connectivity index (χ2n) is 8.79. The van der Waals surface area contributed by atoms with Gasteiger partial charge in [-0.25, -0.2) is 17.2 Å². The van der Waals surface area contributed by atoms with Crippen LogP contribution in [0.5, 0.6) is 0 Å². The molecule has 2 amide bonds. The minimum absolute atomic E-state index is 0.0237. The lowest BCUT2D eigenvalue weighted by Crippen LogP contribution is -2.50. The average Bonchev–Trinajstić information content (AvgIpc) is 2.83. The maximum atomic E-state index is 13.7. The van der Waals surface area contributed by atoms with Crippen molar-refractivity contribution in [1.82, 2.24) is 10.2 Å². The van der Waals surface area contributed by atoms with E-state index in [1.54, 1.807) is 0 Å². The van der Waals surface area contributed by atoms with Gasteiger partial charge in [-0.2, -0.15) is 0 Å². The normalized spacial score (nSPS) is 13.1. The van der Waals surface area contributed by atoms with Gasteiger partial charge in [-0.05, 0) is 43.9 Å². The molecule has 36 heavy (non-hydrogen) atoms. The number of anilines is 1. The molecule has 0 saturated carbocycles. The highest BCUT2D eigenvalue weighted by Crippen LogP contribution is 2.22. The molecule has 0 heterocycles. The summed E-state index contributed by atoms with van der Waals surface area (Å²) in [5, 5.41) is 2.94. The van der Waals surface area contributed by atoms with Crippen LogP contribution in [0.3, 0.4) is 0 Å². The van der Waals surface area contributed by atoms with Crippen LogP contribution in [-0.4, -0.2) is 50.0 Å². The molecule has 0 aliphatic heterocycles. The summed E-state index contributed by atoms with van der Waals surface area (Å²) in [5.74, 6) is -2.79. The van der Waals surface area contributed by atoms with Gasteiger partial charge in [0.1, 0.15) is 6.04 Å². The molecule has 0 saturated heterocycles. The van der Waals surface area contributed by atoms with Gasteiger partial charge in [0.2, 0.25) is 21.8 Å². The minimum atomic E-state index is -3.81. The molecule has 0 aliphatic rings. The predicted molar refractivity (Wildman–Crippen MR) is 137 cm³/mol. The van der Waals surface area contributed by atoms with Crippen molar-refractivity contribution in [2.45, 2.75) is 65.1 Å². The molecule has 2 atom stereocenters. The summed E-state index contributed by atoms with van der Waals surface area (Å²) in [4.78, 5) is 27.8. The highest BCUT2D eigenvalue weighted by atomic mass is 32.2. The lowest BCUT2D eigenvalue weighted by atomic mass is 10.1. The maximum Gasteiger partial charge on any atom is 0.243 e. The topological polar surface area (TPSA) is 86.8 Å². The second-order valence-corrected chi connectivity index (χ2v) is 10.7. The summed E-state index contributed by atoms with van der Waals surface area (Å²) >= 11 is 0. The fourth-order valence-electron chi connectivity index (χ4n) is 3.78. The maximum absolute atomic E-state index is 13.7. The molecule has 0 aliphatic carbocycles. The Labute approximate surface area is 212 Å².